The lowest BCUT2D eigenvalue weighted by Gasteiger charge is -2.08. The fraction of sp³-hybridized carbons (Fsp3) is 0.286. The topological polar surface area (TPSA) is 47.0 Å². The number of rotatable bonds is 5. The number of hydrogen-bond acceptors (Lipinski definition) is 4. The first-order chi connectivity index (χ1) is 9.52. The van der Waals surface area contributed by atoms with Gasteiger partial charge in [0.25, 0.3) is 0 Å². The number of hydrogen-bond donors (Lipinski definition) is 1. The minimum Gasteiger partial charge on any atom is -0.437 e. The van der Waals surface area contributed by atoms with E-state index in [1.807, 2.05) is 0 Å². The summed E-state index contributed by atoms with van der Waals surface area (Å²) >= 11 is 11.8. The molecule has 2 aromatic rings. The molecule has 20 heavy (non-hydrogen) atoms. The Morgan fingerprint density at radius 2 is 1.80 bits per heavy atom. The Kier molecular flexibility index (Phi) is 5.17. The van der Waals surface area contributed by atoms with E-state index in [2.05, 4.69) is 29.1 Å². The highest BCUT2D eigenvalue weighted by molar-refractivity contribution is 6.34. The third-order valence-corrected chi connectivity index (χ3v) is 2.87. The first-order valence-corrected chi connectivity index (χ1v) is 6.97. The number of halogens is 2. The minimum absolute atomic E-state index is 0.400. The van der Waals surface area contributed by atoms with Gasteiger partial charge in [0.1, 0.15) is 5.75 Å². The number of ether oxygens (including phenoxy) is 1. The van der Waals surface area contributed by atoms with Crippen LogP contribution in [0.1, 0.15) is 19.5 Å². The van der Waals surface area contributed by atoms with Gasteiger partial charge in [-0.1, -0.05) is 37.0 Å². The second-order valence-electron chi connectivity index (χ2n) is 4.59. The molecule has 0 amide bonds. The van der Waals surface area contributed by atoms with E-state index in [4.69, 9.17) is 27.9 Å². The second-order valence-corrected chi connectivity index (χ2v) is 5.46. The first-order valence-electron chi connectivity index (χ1n) is 6.21. The monoisotopic (exact) mass is 311 g/mol. The zero-order valence-corrected chi connectivity index (χ0v) is 12.7. The van der Waals surface area contributed by atoms with E-state index in [1.54, 1.807) is 30.6 Å². The summed E-state index contributed by atoms with van der Waals surface area (Å²) in [4.78, 5) is 8.48. The Labute approximate surface area is 128 Å². The third-order valence-electron chi connectivity index (χ3n) is 2.43. The van der Waals surface area contributed by atoms with Crippen LogP contribution in [0, 0.1) is 0 Å². The molecular weight excluding hydrogens is 297 g/mol. The number of aromatic nitrogens is 2. The van der Waals surface area contributed by atoms with Gasteiger partial charge in [-0.3, -0.25) is 4.98 Å². The predicted octanol–water partition coefficient (Wildman–Crippen LogP) is 4.07. The molecular formula is C14H15Cl2N3O. The molecule has 0 aliphatic carbocycles. The molecule has 0 aliphatic heterocycles. The van der Waals surface area contributed by atoms with Crippen LogP contribution in [-0.2, 0) is 6.54 Å². The van der Waals surface area contributed by atoms with Crippen molar-refractivity contribution in [2.75, 3.05) is 0 Å². The molecule has 0 saturated carbocycles. The van der Waals surface area contributed by atoms with Gasteiger partial charge in [-0.05, 0) is 18.2 Å². The smallest absolute Gasteiger partial charge is 0.237 e. The van der Waals surface area contributed by atoms with Crippen molar-refractivity contribution < 1.29 is 4.74 Å². The highest BCUT2D eigenvalue weighted by Crippen LogP contribution is 2.27. The molecule has 106 valence electrons. The third kappa shape index (κ3) is 4.63. The summed E-state index contributed by atoms with van der Waals surface area (Å²) < 4.78 is 5.56. The van der Waals surface area contributed by atoms with Gasteiger partial charge < -0.3 is 10.1 Å². The number of nitrogens with zero attached hydrogens (tertiary/aromatic N) is 2. The molecule has 1 heterocycles. The van der Waals surface area contributed by atoms with Crippen molar-refractivity contribution in [2.24, 2.45) is 0 Å². The van der Waals surface area contributed by atoms with Crippen LogP contribution in [0.3, 0.4) is 0 Å². The van der Waals surface area contributed by atoms with Crippen LogP contribution >= 0.6 is 23.2 Å². The molecule has 0 radical (unpaired) electrons. The Bertz CT molecular complexity index is 553. The highest BCUT2D eigenvalue weighted by Gasteiger charge is 2.04. The average Bonchev–Trinajstić information content (AvgIpc) is 2.36. The lowest BCUT2D eigenvalue weighted by molar-refractivity contribution is 0.458. The standard InChI is InChI=1S/C14H15Cl2N3O/c1-9(2)17-6-12-7-19-14(8-18-12)20-13-4-10(15)3-11(16)5-13/h3-5,7-9,17H,6H2,1-2H3. The summed E-state index contributed by atoms with van der Waals surface area (Å²) in [5.74, 6) is 0.932. The number of nitrogens with one attached hydrogen (secondary N) is 1. The van der Waals surface area contributed by atoms with E-state index in [0.717, 1.165) is 5.69 Å². The maximum absolute atomic E-state index is 5.90. The molecule has 0 unspecified atom stereocenters. The molecule has 6 heteroatoms. The van der Waals surface area contributed by atoms with Gasteiger partial charge in [0, 0.05) is 22.6 Å². The molecule has 0 fully saturated rings. The fourth-order valence-electron chi connectivity index (χ4n) is 1.50. The van der Waals surface area contributed by atoms with Gasteiger partial charge in [-0.15, -0.1) is 0 Å². The van der Waals surface area contributed by atoms with Gasteiger partial charge in [0.05, 0.1) is 18.1 Å². The van der Waals surface area contributed by atoms with E-state index in [0.29, 0.717) is 34.3 Å². The van der Waals surface area contributed by atoms with E-state index < -0.39 is 0 Å². The van der Waals surface area contributed by atoms with Crippen LogP contribution in [0.5, 0.6) is 11.6 Å². The van der Waals surface area contributed by atoms with Gasteiger partial charge >= 0.3 is 0 Å². The maximum Gasteiger partial charge on any atom is 0.237 e. The molecule has 0 atom stereocenters. The van der Waals surface area contributed by atoms with E-state index in [9.17, 15) is 0 Å². The summed E-state index contributed by atoms with van der Waals surface area (Å²) in [6, 6.07) is 5.39. The Morgan fingerprint density at radius 1 is 1.10 bits per heavy atom. The lowest BCUT2D eigenvalue weighted by atomic mass is 10.3. The van der Waals surface area contributed by atoms with Crippen molar-refractivity contribution in [3.05, 3.63) is 46.3 Å². The Morgan fingerprint density at radius 3 is 2.35 bits per heavy atom. The quantitative estimate of drug-likeness (QED) is 0.904. The zero-order chi connectivity index (χ0) is 14.5. The molecule has 1 aromatic carbocycles. The molecule has 0 aliphatic rings. The van der Waals surface area contributed by atoms with Crippen LogP contribution in [0.25, 0.3) is 0 Å². The van der Waals surface area contributed by atoms with Crippen LogP contribution in [0.4, 0.5) is 0 Å². The Hall–Kier alpha value is -1.36. The van der Waals surface area contributed by atoms with Crippen molar-refractivity contribution in [1.82, 2.24) is 15.3 Å². The van der Waals surface area contributed by atoms with Crippen LogP contribution < -0.4 is 10.1 Å². The number of benzene rings is 1. The maximum atomic E-state index is 5.90. The molecule has 4 nitrogen and oxygen atoms in total. The summed E-state index contributed by atoms with van der Waals surface area (Å²) in [7, 11) is 0. The van der Waals surface area contributed by atoms with Crippen LogP contribution in [0.2, 0.25) is 10.0 Å². The molecule has 1 aromatic heterocycles. The highest BCUT2D eigenvalue weighted by atomic mass is 35.5. The lowest BCUT2D eigenvalue weighted by Crippen LogP contribution is -2.22. The van der Waals surface area contributed by atoms with Gasteiger partial charge in [-0.2, -0.15) is 0 Å². The fourth-order valence-corrected chi connectivity index (χ4v) is 2.01. The molecule has 0 saturated heterocycles. The molecule has 2 rings (SSSR count). The predicted molar refractivity (Wildman–Crippen MR) is 80.5 cm³/mol. The summed E-state index contributed by atoms with van der Waals surface area (Å²) in [5.41, 5.74) is 0.857. The van der Waals surface area contributed by atoms with Crippen molar-refractivity contribution in [1.29, 1.82) is 0 Å². The van der Waals surface area contributed by atoms with E-state index >= 15 is 0 Å². The van der Waals surface area contributed by atoms with Crippen molar-refractivity contribution in [3.63, 3.8) is 0 Å². The van der Waals surface area contributed by atoms with Crippen molar-refractivity contribution in [3.8, 4) is 11.6 Å². The molecule has 0 spiro atoms. The minimum atomic E-state index is 0.400. The van der Waals surface area contributed by atoms with Gasteiger partial charge in [0.15, 0.2) is 0 Å². The van der Waals surface area contributed by atoms with E-state index in [-0.39, 0.29) is 0 Å². The molecule has 1 N–H and O–H groups in total. The summed E-state index contributed by atoms with van der Waals surface area (Å²) in [5, 5.41) is 4.29. The van der Waals surface area contributed by atoms with Crippen LogP contribution in [0.15, 0.2) is 30.6 Å². The summed E-state index contributed by atoms with van der Waals surface area (Å²) in [6.07, 6.45) is 3.25. The summed E-state index contributed by atoms with van der Waals surface area (Å²) in [6.45, 7) is 4.83. The largest absolute Gasteiger partial charge is 0.437 e. The van der Waals surface area contributed by atoms with Gasteiger partial charge in [0.2, 0.25) is 5.88 Å². The van der Waals surface area contributed by atoms with Crippen LogP contribution in [-0.4, -0.2) is 16.0 Å². The van der Waals surface area contributed by atoms with Crippen molar-refractivity contribution >= 4 is 23.2 Å². The SMILES string of the molecule is CC(C)NCc1cnc(Oc2cc(Cl)cc(Cl)c2)cn1. The zero-order valence-electron chi connectivity index (χ0n) is 11.2. The van der Waals surface area contributed by atoms with Gasteiger partial charge in [-0.25, -0.2) is 4.98 Å². The normalized spacial score (nSPS) is 10.8. The Balaban J connectivity index is 2.03. The average molecular weight is 312 g/mol. The first kappa shape index (κ1) is 15.0. The van der Waals surface area contributed by atoms with Crippen molar-refractivity contribution in [2.45, 2.75) is 26.4 Å². The van der Waals surface area contributed by atoms with E-state index in [1.165, 1.54) is 0 Å². The molecule has 0 bridgehead atoms. The second kappa shape index (κ2) is 6.88.